The monoisotopic (exact) mass is 247 g/mol. The Labute approximate surface area is 113 Å². The molecule has 1 rings (SSSR count). The van der Waals surface area contributed by atoms with E-state index in [4.69, 9.17) is 0 Å². The standard InChI is InChI=1S/C17H29N/c1-13(2)15-7-9-16(10-8-15)17(5,6)11-12-18-14(3)4/h7-10,13-14,18H,11-12H2,1-6H3. The van der Waals surface area contributed by atoms with Gasteiger partial charge in [-0.05, 0) is 35.4 Å². The van der Waals surface area contributed by atoms with Gasteiger partial charge in [0.05, 0.1) is 0 Å². The van der Waals surface area contributed by atoms with Gasteiger partial charge in [-0.2, -0.15) is 0 Å². The molecular formula is C17H29N. The van der Waals surface area contributed by atoms with Crippen LogP contribution >= 0.6 is 0 Å². The van der Waals surface area contributed by atoms with Crippen molar-refractivity contribution in [2.75, 3.05) is 6.54 Å². The van der Waals surface area contributed by atoms with E-state index in [2.05, 4.69) is 71.1 Å². The van der Waals surface area contributed by atoms with E-state index in [9.17, 15) is 0 Å². The third kappa shape index (κ3) is 4.45. The molecule has 0 aromatic heterocycles. The molecule has 0 fully saturated rings. The molecule has 0 saturated carbocycles. The summed E-state index contributed by atoms with van der Waals surface area (Å²) in [6, 6.07) is 9.72. The highest BCUT2D eigenvalue weighted by molar-refractivity contribution is 5.29. The quantitative estimate of drug-likeness (QED) is 0.781. The second kappa shape index (κ2) is 6.38. The lowest BCUT2D eigenvalue weighted by atomic mass is 9.81. The molecule has 0 saturated heterocycles. The largest absolute Gasteiger partial charge is 0.315 e. The van der Waals surface area contributed by atoms with E-state index in [1.165, 1.54) is 17.5 Å². The van der Waals surface area contributed by atoms with Crippen molar-refractivity contribution in [3.05, 3.63) is 35.4 Å². The number of nitrogens with one attached hydrogen (secondary N) is 1. The molecule has 0 unspecified atom stereocenters. The summed E-state index contributed by atoms with van der Waals surface area (Å²) in [5.41, 5.74) is 3.12. The molecule has 0 spiro atoms. The maximum atomic E-state index is 3.50. The SMILES string of the molecule is CC(C)NCCC(C)(C)c1ccc(C(C)C)cc1. The molecular weight excluding hydrogens is 218 g/mol. The summed E-state index contributed by atoms with van der Waals surface area (Å²) >= 11 is 0. The topological polar surface area (TPSA) is 12.0 Å². The van der Waals surface area contributed by atoms with Crippen LogP contribution in [0.2, 0.25) is 0 Å². The summed E-state index contributed by atoms with van der Waals surface area (Å²) in [7, 11) is 0. The second-order valence-electron chi connectivity index (χ2n) is 6.52. The van der Waals surface area contributed by atoms with Crippen LogP contribution in [0.1, 0.15) is 65.0 Å². The Morgan fingerprint density at radius 3 is 2.00 bits per heavy atom. The van der Waals surface area contributed by atoms with E-state index in [1.807, 2.05) is 0 Å². The van der Waals surface area contributed by atoms with Gasteiger partial charge in [-0.1, -0.05) is 65.8 Å². The lowest BCUT2D eigenvalue weighted by Gasteiger charge is -2.26. The maximum absolute atomic E-state index is 3.50. The lowest BCUT2D eigenvalue weighted by molar-refractivity contribution is 0.441. The molecule has 0 heterocycles. The Kier molecular flexibility index (Phi) is 5.40. The van der Waals surface area contributed by atoms with Gasteiger partial charge < -0.3 is 5.32 Å². The first kappa shape index (κ1) is 15.2. The number of hydrogen-bond acceptors (Lipinski definition) is 1. The van der Waals surface area contributed by atoms with Crippen molar-refractivity contribution < 1.29 is 0 Å². The van der Waals surface area contributed by atoms with E-state index < -0.39 is 0 Å². The summed E-state index contributed by atoms with van der Waals surface area (Å²) in [5, 5.41) is 3.50. The van der Waals surface area contributed by atoms with Crippen molar-refractivity contribution in [3.8, 4) is 0 Å². The normalized spacial score (nSPS) is 12.4. The summed E-state index contributed by atoms with van der Waals surface area (Å²) in [6.45, 7) is 14.6. The zero-order valence-electron chi connectivity index (χ0n) is 12.9. The summed E-state index contributed by atoms with van der Waals surface area (Å²) < 4.78 is 0. The van der Waals surface area contributed by atoms with Gasteiger partial charge in [0.2, 0.25) is 0 Å². The molecule has 0 radical (unpaired) electrons. The zero-order chi connectivity index (χ0) is 13.8. The van der Waals surface area contributed by atoms with Gasteiger partial charge >= 0.3 is 0 Å². The summed E-state index contributed by atoms with van der Waals surface area (Å²) in [6.07, 6.45) is 1.17. The van der Waals surface area contributed by atoms with Crippen LogP contribution in [0, 0.1) is 0 Å². The number of benzene rings is 1. The minimum atomic E-state index is 0.247. The Hall–Kier alpha value is -0.820. The van der Waals surface area contributed by atoms with Crippen LogP contribution in [-0.4, -0.2) is 12.6 Å². The molecule has 1 aromatic carbocycles. The van der Waals surface area contributed by atoms with Crippen molar-refractivity contribution in [2.45, 2.75) is 65.3 Å². The van der Waals surface area contributed by atoms with Gasteiger partial charge in [0, 0.05) is 6.04 Å². The van der Waals surface area contributed by atoms with Gasteiger partial charge in [-0.25, -0.2) is 0 Å². The number of hydrogen-bond donors (Lipinski definition) is 1. The second-order valence-corrected chi connectivity index (χ2v) is 6.52. The molecule has 0 amide bonds. The molecule has 1 N–H and O–H groups in total. The van der Waals surface area contributed by atoms with Crippen LogP contribution in [0.5, 0.6) is 0 Å². The molecule has 0 aliphatic heterocycles. The average molecular weight is 247 g/mol. The van der Waals surface area contributed by atoms with Crippen LogP contribution in [0.25, 0.3) is 0 Å². The average Bonchev–Trinajstić information content (AvgIpc) is 2.28. The molecule has 18 heavy (non-hydrogen) atoms. The molecule has 0 atom stereocenters. The summed E-state index contributed by atoms with van der Waals surface area (Å²) in [4.78, 5) is 0. The van der Waals surface area contributed by atoms with Crippen molar-refractivity contribution in [1.29, 1.82) is 0 Å². The first-order valence-electron chi connectivity index (χ1n) is 7.17. The fourth-order valence-electron chi connectivity index (χ4n) is 2.14. The van der Waals surface area contributed by atoms with Crippen LogP contribution < -0.4 is 5.32 Å². The maximum Gasteiger partial charge on any atom is 0.00103 e. The summed E-state index contributed by atoms with van der Waals surface area (Å²) in [5.74, 6) is 0.616. The van der Waals surface area contributed by atoms with Gasteiger partial charge in [0.15, 0.2) is 0 Å². The zero-order valence-corrected chi connectivity index (χ0v) is 12.9. The van der Waals surface area contributed by atoms with E-state index in [0.29, 0.717) is 12.0 Å². The predicted octanol–water partition coefficient (Wildman–Crippen LogP) is 4.48. The van der Waals surface area contributed by atoms with Crippen molar-refractivity contribution >= 4 is 0 Å². The van der Waals surface area contributed by atoms with Crippen LogP contribution in [0.4, 0.5) is 0 Å². The number of rotatable bonds is 6. The van der Waals surface area contributed by atoms with Gasteiger partial charge in [-0.15, -0.1) is 0 Å². The van der Waals surface area contributed by atoms with Gasteiger partial charge in [0.1, 0.15) is 0 Å². The van der Waals surface area contributed by atoms with Gasteiger partial charge in [0.25, 0.3) is 0 Å². The van der Waals surface area contributed by atoms with E-state index >= 15 is 0 Å². The van der Waals surface area contributed by atoms with Gasteiger partial charge in [-0.3, -0.25) is 0 Å². The van der Waals surface area contributed by atoms with E-state index in [-0.39, 0.29) is 5.41 Å². The highest BCUT2D eigenvalue weighted by atomic mass is 14.9. The fourth-order valence-corrected chi connectivity index (χ4v) is 2.14. The van der Waals surface area contributed by atoms with E-state index in [0.717, 1.165) is 6.54 Å². The molecule has 0 aliphatic rings. The molecule has 0 aliphatic carbocycles. The molecule has 1 nitrogen and oxygen atoms in total. The first-order valence-corrected chi connectivity index (χ1v) is 7.17. The third-order valence-electron chi connectivity index (χ3n) is 3.66. The van der Waals surface area contributed by atoms with Crippen LogP contribution in [0.3, 0.4) is 0 Å². The minimum absolute atomic E-state index is 0.247. The fraction of sp³-hybridized carbons (Fsp3) is 0.647. The van der Waals surface area contributed by atoms with Crippen molar-refractivity contribution in [2.24, 2.45) is 0 Å². The van der Waals surface area contributed by atoms with Crippen molar-refractivity contribution in [1.82, 2.24) is 5.32 Å². The Balaban J connectivity index is 2.66. The predicted molar refractivity (Wildman–Crippen MR) is 81.3 cm³/mol. The first-order chi connectivity index (χ1) is 8.33. The van der Waals surface area contributed by atoms with Crippen LogP contribution in [0.15, 0.2) is 24.3 Å². The smallest absolute Gasteiger partial charge is 0.00103 e. The van der Waals surface area contributed by atoms with Crippen LogP contribution in [-0.2, 0) is 5.41 Å². The Bertz CT molecular complexity index is 346. The molecule has 102 valence electrons. The lowest BCUT2D eigenvalue weighted by Crippen LogP contribution is -2.29. The van der Waals surface area contributed by atoms with E-state index in [1.54, 1.807) is 0 Å². The van der Waals surface area contributed by atoms with Crippen molar-refractivity contribution in [3.63, 3.8) is 0 Å². The highest BCUT2D eigenvalue weighted by Crippen LogP contribution is 2.28. The Morgan fingerprint density at radius 1 is 1.00 bits per heavy atom. The minimum Gasteiger partial charge on any atom is -0.315 e. The Morgan fingerprint density at radius 2 is 1.56 bits per heavy atom. The molecule has 1 aromatic rings. The highest BCUT2D eigenvalue weighted by Gasteiger charge is 2.20. The molecule has 1 heteroatoms. The molecule has 0 bridgehead atoms. The third-order valence-corrected chi connectivity index (χ3v) is 3.66.